The molecule has 0 aliphatic carbocycles. The molecule has 0 heterocycles. The summed E-state index contributed by atoms with van der Waals surface area (Å²) in [7, 11) is 1.73. The summed E-state index contributed by atoms with van der Waals surface area (Å²) in [5.41, 5.74) is 1.04. The molecule has 0 saturated heterocycles. The molecule has 0 aromatic carbocycles. The van der Waals surface area contributed by atoms with Crippen molar-refractivity contribution in [1.82, 2.24) is 0 Å². The summed E-state index contributed by atoms with van der Waals surface area (Å²) in [4.78, 5) is 7.89. The summed E-state index contributed by atoms with van der Waals surface area (Å²) in [5.74, 6) is 0. The van der Waals surface area contributed by atoms with Crippen LogP contribution in [0.2, 0.25) is 0 Å². The Bertz CT molecular complexity index is 122. The molecule has 0 radical (unpaired) electrons. The van der Waals surface area contributed by atoms with Gasteiger partial charge in [-0.3, -0.25) is 4.99 Å². The Labute approximate surface area is 63.3 Å². The molecule has 0 aliphatic rings. The Hall–Kier alpha value is 0.0700. The lowest BCUT2D eigenvalue weighted by atomic mass is 10.5. The van der Waals surface area contributed by atoms with Gasteiger partial charge >= 0.3 is 0 Å². The lowest BCUT2D eigenvalue weighted by Crippen LogP contribution is -1.85. The fourth-order valence-electron chi connectivity index (χ4n) is 0.235. The summed E-state index contributed by atoms with van der Waals surface area (Å²) in [6.45, 7) is 3.90. The number of aliphatic imine (C=N–C) groups is 2. The van der Waals surface area contributed by atoms with E-state index in [1.54, 1.807) is 7.05 Å². The minimum atomic E-state index is 0.808. The molecule has 0 spiro atoms. The molecule has 0 aliphatic heterocycles. The highest BCUT2D eigenvalue weighted by atomic mass is 127. The molecule has 0 saturated carbocycles. The maximum atomic E-state index is 4.05. The third kappa shape index (κ3) is 4.23. The monoisotopic (exact) mass is 224 g/mol. The van der Waals surface area contributed by atoms with Crippen LogP contribution in [-0.2, 0) is 0 Å². The first-order chi connectivity index (χ1) is 3.66. The summed E-state index contributed by atoms with van der Waals surface area (Å²) in [6.07, 6.45) is 0. The predicted molar refractivity (Wildman–Crippen MR) is 46.2 cm³/mol. The minimum Gasteiger partial charge on any atom is -0.265 e. The van der Waals surface area contributed by atoms with Crippen molar-refractivity contribution in [2.24, 2.45) is 9.98 Å². The molecule has 2 nitrogen and oxygen atoms in total. The minimum absolute atomic E-state index is 0.808. The molecule has 0 unspecified atom stereocenters. The van der Waals surface area contributed by atoms with Crippen LogP contribution in [0.5, 0.6) is 0 Å². The first-order valence-corrected chi connectivity index (χ1v) is 3.39. The fraction of sp³-hybridized carbons (Fsp3) is 0.600. The van der Waals surface area contributed by atoms with Crippen molar-refractivity contribution in [3.8, 4) is 0 Å². The van der Waals surface area contributed by atoms with E-state index < -0.39 is 0 Å². The zero-order chi connectivity index (χ0) is 6.57. The number of halogens is 1. The Morgan fingerprint density at radius 2 is 1.88 bits per heavy atom. The van der Waals surface area contributed by atoms with Gasteiger partial charge < -0.3 is 0 Å². The molecule has 0 atom stereocenters. The molecular weight excluding hydrogens is 215 g/mol. The van der Waals surface area contributed by atoms with E-state index >= 15 is 0 Å². The van der Waals surface area contributed by atoms with Gasteiger partial charge in [0.1, 0.15) is 0 Å². The summed E-state index contributed by atoms with van der Waals surface area (Å²) in [5, 5.41) is 0. The van der Waals surface area contributed by atoms with Crippen LogP contribution in [0, 0.1) is 0 Å². The van der Waals surface area contributed by atoms with Gasteiger partial charge in [0, 0.05) is 35.4 Å². The van der Waals surface area contributed by atoms with E-state index in [1.807, 2.05) is 13.8 Å². The third-order valence-electron chi connectivity index (χ3n) is 0.500. The van der Waals surface area contributed by atoms with Gasteiger partial charge in [-0.25, -0.2) is 4.99 Å². The largest absolute Gasteiger partial charge is 0.265 e. The molecule has 0 N–H and O–H groups in total. The van der Waals surface area contributed by atoms with Crippen molar-refractivity contribution in [2.75, 3.05) is 7.05 Å². The van der Waals surface area contributed by atoms with Crippen LogP contribution in [0.1, 0.15) is 13.8 Å². The lowest BCUT2D eigenvalue weighted by Gasteiger charge is -1.85. The standard InChI is InChI=1S/C5H9IN2/c1-4(2)8-5(6)7-3/h1-3H3. The first-order valence-electron chi connectivity index (χ1n) is 2.31. The summed E-state index contributed by atoms with van der Waals surface area (Å²) < 4.78 is 0.808. The average molecular weight is 224 g/mol. The molecular formula is C5H9IN2. The van der Waals surface area contributed by atoms with Crippen LogP contribution in [-0.4, -0.2) is 16.6 Å². The Morgan fingerprint density at radius 1 is 1.38 bits per heavy atom. The van der Waals surface area contributed by atoms with E-state index in [2.05, 4.69) is 32.6 Å². The molecule has 0 amide bonds. The van der Waals surface area contributed by atoms with Crippen molar-refractivity contribution < 1.29 is 0 Å². The van der Waals surface area contributed by atoms with E-state index in [-0.39, 0.29) is 0 Å². The van der Waals surface area contributed by atoms with Gasteiger partial charge in [0.2, 0.25) is 0 Å². The SMILES string of the molecule is CN=C(I)N=C(C)C. The second kappa shape index (κ2) is 4.00. The molecule has 0 rings (SSSR count). The number of nitrogens with zero attached hydrogens (tertiary/aromatic N) is 2. The van der Waals surface area contributed by atoms with Gasteiger partial charge in [0.15, 0.2) is 3.84 Å². The molecule has 3 heteroatoms. The topological polar surface area (TPSA) is 24.7 Å². The Kier molecular flexibility index (Phi) is 4.03. The molecule has 46 valence electrons. The molecule has 8 heavy (non-hydrogen) atoms. The molecule has 0 fully saturated rings. The fourth-order valence-corrected chi connectivity index (χ4v) is 0.717. The highest BCUT2D eigenvalue weighted by Gasteiger charge is 1.82. The maximum absolute atomic E-state index is 4.05. The third-order valence-corrected chi connectivity index (χ3v) is 1.22. The predicted octanol–water partition coefficient (Wildman–Crippen LogP) is 1.89. The van der Waals surface area contributed by atoms with E-state index in [0.717, 1.165) is 9.55 Å². The molecule has 0 bridgehead atoms. The summed E-state index contributed by atoms with van der Waals surface area (Å²) in [6, 6.07) is 0. The van der Waals surface area contributed by atoms with Gasteiger partial charge in [-0.05, 0) is 13.8 Å². The van der Waals surface area contributed by atoms with Gasteiger partial charge in [0.05, 0.1) is 0 Å². The van der Waals surface area contributed by atoms with Crippen LogP contribution in [0.4, 0.5) is 0 Å². The van der Waals surface area contributed by atoms with Crippen molar-refractivity contribution in [3.63, 3.8) is 0 Å². The van der Waals surface area contributed by atoms with Crippen LogP contribution in [0.3, 0.4) is 0 Å². The quantitative estimate of drug-likeness (QED) is 0.260. The lowest BCUT2D eigenvalue weighted by molar-refractivity contribution is 1.43. The van der Waals surface area contributed by atoms with Crippen molar-refractivity contribution in [1.29, 1.82) is 0 Å². The van der Waals surface area contributed by atoms with Crippen LogP contribution in [0.15, 0.2) is 9.98 Å². The summed E-state index contributed by atoms with van der Waals surface area (Å²) >= 11 is 2.08. The van der Waals surface area contributed by atoms with Crippen LogP contribution in [0.25, 0.3) is 0 Å². The maximum Gasteiger partial charge on any atom is 0.185 e. The van der Waals surface area contributed by atoms with Crippen LogP contribution < -0.4 is 0 Å². The normalized spacial score (nSPS) is 11.2. The van der Waals surface area contributed by atoms with E-state index in [4.69, 9.17) is 0 Å². The molecule has 0 aromatic heterocycles. The van der Waals surface area contributed by atoms with Crippen LogP contribution >= 0.6 is 22.6 Å². The number of hydrogen-bond acceptors (Lipinski definition) is 1. The van der Waals surface area contributed by atoms with E-state index in [0.29, 0.717) is 0 Å². The second-order valence-electron chi connectivity index (χ2n) is 1.55. The second-order valence-corrected chi connectivity index (χ2v) is 2.52. The smallest absolute Gasteiger partial charge is 0.185 e. The van der Waals surface area contributed by atoms with Crippen molar-refractivity contribution in [3.05, 3.63) is 0 Å². The van der Waals surface area contributed by atoms with E-state index in [9.17, 15) is 0 Å². The number of rotatable bonds is 0. The van der Waals surface area contributed by atoms with Gasteiger partial charge in [-0.2, -0.15) is 0 Å². The highest BCUT2D eigenvalue weighted by Crippen LogP contribution is 1.91. The highest BCUT2D eigenvalue weighted by molar-refractivity contribution is 14.1. The number of hydrogen-bond donors (Lipinski definition) is 0. The average Bonchev–Trinajstić information content (AvgIpc) is 1.65. The van der Waals surface area contributed by atoms with Crippen molar-refractivity contribution >= 4 is 32.1 Å². The Balaban J connectivity index is 3.89. The van der Waals surface area contributed by atoms with Crippen molar-refractivity contribution in [2.45, 2.75) is 13.8 Å². The number of amidine groups is 1. The zero-order valence-electron chi connectivity index (χ0n) is 5.27. The molecule has 0 aromatic rings. The van der Waals surface area contributed by atoms with E-state index in [1.165, 1.54) is 0 Å². The van der Waals surface area contributed by atoms with Gasteiger partial charge in [-0.1, -0.05) is 0 Å². The zero-order valence-corrected chi connectivity index (χ0v) is 7.43. The van der Waals surface area contributed by atoms with Gasteiger partial charge in [-0.15, -0.1) is 0 Å². The Morgan fingerprint density at radius 3 is 2.00 bits per heavy atom. The first kappa shape index (κ1) is 8.07. The van der Waals surface area contributed by atoms with Gasteiger partial charge in [0.25, 0.3) is 0 Å².